The quantitative estimate of drug-likeness (QED) is 0.439. The Hall–Kier alpha value is -2.35. The highest BCUT2D eigenvalue weighted by Gasteiger charge is 2.69. The summed E-state index contributed by atoms with van der Waals surface area (Å²) in [5.41, 5.74) is -2.41. The van der Waals surface area contributed by atoms with E-state index in [1.54, 1.807) is 36.4 Å². The smallest absolute Gasteiger partial charge is 0.429 e. The van der Waals surface area contributed by atoms with Gasteiger partial charge < -0.3 is 4.74 Å². The highest BCUT2D eigenvalue weighted by molar-refractivity contribution is 7.92. The number of sulfone groups is 1. The summed E-state index contributed by atoms with van der Waals surface area (Å²) in [5, 5.41) is -1.97. The minimum Gasteiger partial charge on any atom is -0.448 e. The number of carbonyl (C=O) groups excluding carboxylic acids is 1. The fraction of sp³-hybridized carbons (Fsp3) is 0.480. The lowest BCUT2D eigenvalue weighted by Gasteiger charge is -2.47. The van der Waals surface area contributed by atoms with E-state index in [1.165, 1.54) is 24.3 Å². The average Bonchev–Trinajstić information content (AvgIpc) is 2.79. The van der Waals surface area contributed by atoms with Gasteiger partial charge in [-0.15, -0.1) is 0 Å². The van der Waals surface area contributed by atoms with Gasteiger partial charge in [0.2, 0.25) is 5.60 Å². The summed E-state index contributed by atoms with van der Waals surface area (Å²) in [5.74, 6) is -2.26. The van der Waals surface area contributed by atoms with Crippen LogP contribution in [0.15, 0.2) is 65.6 Å². The van der Waals surface area contributed by atoms with Gasteiger partial charge in [-0.25, -0.2) is 8.42 Å². The van der Waals surface area contributed by atoms with E-state index in [0.29, 0.717) is 18.4 Å². The number of hydrogen-bond donors (Lipinski definition) is 0. The molecule has 180 valence electrons. The molecule has 1 aliphatic carbocycles. The Morgan fingerprint density at radius 3 is 2.03 bits per heavy atom. The van der Waals surface area contributed by atoms with Gasteiger partial charge in [-0.3, -0.25) is 4.79 Å². The normalized spacial score (nSPS) is 18.3. The number of rotatable bonds is 8. The van der Waals surface area contributed by atoms with Gasteiger partial charge in [-0.2, -0.15) is 13.2 Å². The van der Waals surface area contributed by atoms with Crippen LogP contribution in [0, 0.1) is 5.92 Å². The van der Waals surface area contributed by atoms with Crippen molar-refractivity contribution < 1.29 is 31.1 Å². The first kappa shape index (κ1) is 25.3. The molecule has 1 fully saturated rings. The molecule has 0 aromatic heterocycles. The fourth-order valence-electron chi connectivity index (χ4n) is 4.97. The molecular formula is C25H29F3O4S. The molecule has 0 spiro atoms. The number of hydrogen-bond acceptors (Lipinski definition) is 4. The first-order valence-corrected chi connectivity index (χ1v) is 12.7. The maximum Gasteiger partial charge on any atom is 0.429 e. The largest absolute Gasteiger partial charge is 0.448 e. The van der Waals surface area contributed by atoms with Gasteiger partial charge in [0.15, 0.2) is 9.84 Å². The summed E-state index contributed by atoms with van der Waals surface area (Å²) in [4.78, 5) is 11.9. The molecule has 0 N–H and O–H groups in total. The minimum absolute atomic E-state index is 0.101. The summed E-state index contributed by atoms with van der Waals surface area (Å²) in [7, 11) is -4.50. The zero-order valence-corrected chi connectivity index (χ0v) is 19.4. The van der Waals surface area contributed by atoms with Gasteiger partial charge >= 0.3 is 12.1 Å². The van der Waals surface area contributed by atoms with Crippen molar-refractivity contribution in [3.8, 4) is 0 Å². The zero-order chi connectivity index (χ0) is 24.1. The van der Waals surface area contributed by atoms with Crippen LogP contribution in [0.3, 0.4) is 0 Å². The van der Waals surface area contributed by atoms with Gasteiger partial charge in [0.05, 0.1) is 4.90 Å². The van der Waals surface area contributed by atoms with Crippen LogP contribution in [0.1, 0.15) is 51.0 Å². The second kappa shape index (κ2) is 10.3. The molecule has 0 bridgehead atoms. The van der Waals surface area contributed by atoms with Crippen LogP contribution in [-0.4, -0.2) is 31.4 Å². The van der Waals surface area contributed by atoms with Gasteiger partial charge in [0, 0.05) is 12.8 Å². The molecule has 4 nitrogen and oxygen atoms in total. The number of aryl methyl sites for hydroxylation is 1. The number of halogens is 3. The van der Waals surface area contributed by atoms with Crippen LogP contribution >= 0.6 is 0 Å². The Bertz CT molecular complexity index is 1020. The first-order valence-electron chi connectivity index (χ1n) is 11.2. The molecule has 0 radical (unpaired) electrons. The van der Waals surface area contributed by atoms with Gasteiger partial charge in [0.1, 0.15) is 5.25 Å². The van der Waals surface area contributed by atoms with Crippen molar-refractivity contribution in [2.45, 2.75) is 73.8 Å². The van der Waals surface area contributed by atoms with Crippen molar-refractivity contribution in [1.29, 1.82) is 0 Å². The number of benzene rings is 2. The average molecular weight is 483 g/mol. The molecule has 2 aromatic rings. The van der Waals surface area contributed by atoms with Crippen molar-refractivity contribution in [3.05, 3.63) is 66.2 Å². The number of alkyl halides is 3. The maximum absolute atomic E-state index is 15.0. The predicted molar refractivity (Wildman–Crippen MR) is 119 cm³/mol. The van der Waals surface area contributed by atoms with Crippen LogP contribution in [0.25, 0.3) is 0 Å². The summed E-state index contributed by atoms with van der Waals surface area (Å²) >= 11 is 0. The monoisotopic (exact) mass is 482 g/mol. The van der Waals surface area contributed by atoms with Crippen LogP contribution < -0.4 is 0 Å². The van der Waals surface area contributed by atoms with E-state index in [9.17, 15) is 13.2 Å². The highest BCUT2D eigenvalue weighted by atomic mass is 32.2. The van der Waals surface area contributed by atoms with Crippen molar-refractivity contribution >= 4 is 15.8 Å². The maximum atomic E-state index is 15.0. The third kappa shape index (κ3) is 5.42. The van der Waals surface area contributed by atoms with Crippen LogP contribution in [0.2, 0.25) is 0 Å². The lowest BCUT2D eigenvalue weighted by Crippen LogP contribution is -2.64. The van der Waals surface area contributed by atoms with Crippen LogP contribution in [0.5, 0.6) is 0 Å². The molecule has 1 aliphatic rings. The summed E-state index contributed by atoms with van der Waals surface area (Å²) in [6, 6.07) is 15.9. The summed E-state index contributed by atoms with van der Waals surface area (Å²) in [6.45, 7) is 0.909. The van der Waals surface area contributed by atoms with E-state index >= 15 is 13.2 Å². The Morgan fingerprint density at radius 2 is 1.52 bits per heavy atom. The third-order valence-corrected chi connectivity index (χ3v) is 8.69. The van der Waals surface area contributed by atoms with E-state index < -0.39 is 38.8 Å². The lowest BCUT2D eigenvalue weighted by molar-refractivity contribution is -0.290. The molecule has 0 amide bonds. The van der Waals surface area contributed by atoms with Crippen molar-refractivity contribution in [2.24, 2.45) is 5.92 Å². The second-order valence-corrected chi connectivity index (χ2v) is 10.7. The Labute approximate surface area is 193 Å². The lowest BCUT2D eigenvalue weighted by atomic mass is 9.73. The molecule has 0 aliphatic heterocycles. The molecule has 2 unspecified atom stereocenters. The zero-order valence-electron chi connectivity index (χ0n) is 18.6. The van der Waals surface area contributed by atoms with Gasteiger partial charge in [-0.05, 0) is 43.4 Å². The number of ether oxygens (including phenoxy) is 1. The first-order chi connectivity index (χ1) is 15.6. The highest BCUT2D eigenvalue weighted by Crippen LogP contribution is 2.51. The third-order valence-electron chi connectivity index (χ3n) is 6.43. The molecule has 3 rings (SSSR count). The van der Waals surface area contributed by atoms with Crippen LogP contribution in [0.4, 0.5) is 13.2 Å². The number of esters is 1. The standard InChI is InChI=1S/C25H29F3O4S/c1-19(29)32-24(25(26,27)28,21-13-7-3-8-14-21)23(18-17-20-11-5-2-6-12-20)33(30,31)22-15-9-4-10-16-22/h2,4-6,9-12,15-16,21,23H,3,7-8,13-14,17-18H2,1H3. The Morgan fingerprint density at radius 1 is 0.970 bits per heavy atom. The van der Waals surface area contributed by atoms with E-state index in [0.717, 1.165) is 13.3 Å². The van der Waals surface area contributed by atoms with Gasteiger partial charge in [-0.1, -0.05) is 67.8 Å². The predicted octanol–water partition coefficient (Wildman–Crippen LogP) is 5.91. The van der Waals surface area contributed by atoms with E-state index in [-0.39, 0.29) is 30.6 Å². The molecule has 0 saturated heterocycles. The molecule has 0 heterocycles. The topological polar surface area (TPSA) is 60.4 Å². The molecule has 2 aromatic carbocycles. The second-order valence-electron chi connectivity index (χ2n) is 8.59. The SMILES string of the molecule is CC(=O)OC(C1CCCCC1)(C(CCc1ccccc1)S(=O)(=O)c1ccccc1)C(F)(F)F. The summed E-state index contributed by atoms with van der Waals surface area (Å²) < 4.78 is 77.7. The van der Waals surface area contributed by atoms with Crippen molar-refractivity contribution in [1.82, 2.24) is 0 Å². The Kier molecular flexibility index (Phi) is 7.88. The summed E-state index contributed by atoms with van der Waals surface area (Å²) in [6.07, 6.45) is -3.17. The molecular weight excluding hydrogens is 453 g/mol. The van der Waals surface area contributed by atoms with E-state index in [1.807, 2.05) is 0 Å². The van der Waals surface area contributed by atoms with Crippen molar-refractivity contribution in [2.75, 3.05) is 0 Å². The van der Waals surface area contributed by atoms with Crippen molar-refractivity contribution in [3.63, 3.8) is 0 Å². The van der Waals surface area contributed by atoms with E-state index in [4.69, 9.17) is 4.74 Å². The fourth-order valence-corrected chi connectivity index (χ4v) is 7.10. The van der Waals surface area contributed by atoms with E-state index in [2.05, 4.69) is 0 Å². The minimum atomic E-state index is -5.07. The number of carbonyl (C=O) groups is 1. The molecule has 1 saturated carbocycles. The molecule has 2 atom stereocenters. The Balaban J connectivity index is 2.20. The molecule has 8 heteroatoms. The molecule has 33 heavy (non-hydrogen) atoms. The van der Waals surface area contributed by atoms with Gasteiger partial charge in [0.25, 0.3) is 0 Å². The van der Waals surface area contributed by atoms with Crippen LogP contribution in [-0.2, 0) is 25.8 Å².